The van der Waals surface area contributed by atoms with Crippen molar-refractivity contribution in [2.45, 2.75) is 31.8 Å². The standard InChI is InChI=1S/C15H21NO4/c1-19-14-6-5-11(10-13(14)17)15(18)16-8-7-12-4-2-3-9-20-12/h5-6,10,12,17H,2-4,7-9H2,1H3,(H,16,18). The van der Waals surface area contributed by atoms with Crippen LogP contribution in [-0.2, 0) is 4.74 Å². The Morgan fingerprint density at radius 1 is 1.50 bits per heavy atom. The van der Waals surface area contributed by atoms with Crippen molar-refractivity contribution < 1.29 is 19.4 Å². The van der Waals surface area contributed by atoms with Crippen molar-refractivity contribution in [2.24, 2.45) is 0 Å². The van der Waals surface area contributed by atoms with Gasteiger partial charge in [-0.05, 0) is 43.9 Å². The zero-order chi connectivity index (χ0) is 14.4. The van der Waals surface area contributed by atoms with Gasteiger partial charge in [0.25, 0.3) is 5.91 Å². The Kier molecular flexibility index (Phi) is 5.24. The smallest absolute Gasteiger partial charge is 0.251 e. The Labute approximate surface area is 118 Å². The molecule has 0 aliphatic carbocycles. The number of carbonyl (C=O) groups excluding carboxylic acids is 1. The van der Waals surface area contributed by atoms with Gasteiger partial charge in [-0.25, -0.2) is 0 Å². The van der Waals surface area contributed by atoms with Crippen LogP contribution in [0.15, 0.2) is 18.2 Å². The van der Waals surface area contributed by atoms with E-state index in [0.29, 0.717) is 17.9 Å². The Morgan fingerprint density at radius 3 is 3.00 bits per heavy atom. The van der Waals surface area contributed by atoms with Crippen molar-refractivity contribution in [3.8, 4) is 11.5 Å². The SMILES string of the molecule is COc1ccc(C(=O)NCCC2CCCCO2)cc1O. The van der Waals surface area contributed by atoms with Crippen LogP contribution in [0, 0.1) is 0 Å². The maximum absolute atomic E-state index is 11.9. The molecule has 1 fully saturated rings. The minimum atomic E-state index is -0.196. The molecule has 1 aromatic rings. The number of carbonyl (C=O) groups is 1. The van der Waals surface area contributed by atoms with E-state index in [1.165, 1.54) is 19.6 Å². The first-order valence-electron chi connectivity index (χ1n) is 6.97. The van der Waals surface area contributed by atoms with Crippen LogP contribution in [0.2, 0.25) is 0 Å². The van der Waals surface area contributed by atoms with E-state index < -0.39 is 0 Å². The molecule has 1 aliphatic heterocycles. The summed E-state index contributed by atoms with van der Waals surface area (Å²) in [4.78, 5) is 11.9. The number of phenolic OH excluding ortho intramolecular Hbond substituents is 1. The van der Waals surface area contributed by atoms with Crippen molar-refractivity contribution in [3.05, 3.63) is 23.8 Å². The average Bonchev–Trinajstić information content (AvgIpc) is 2.48. The fourth-order valence-electron chi connectivity index (χ4n) is 2.32. The topological polar surface area (TPSA) is 67.8 Å². The molecular formula is C15H21NO4. The molecule has 1 amide bonds. The quantitative estimate of drug-likeness (QED) is 0.866. The predicted molar refractivity (Wildman–Crippen MR) is 75.2 cm³/mol. The second kappa shape index (κ2) is 7.14. The van der Waals surface area contributed by atoms with Crippen LogP contribution in [0.4, 0.5) is 0 Å². The van der Waals surface area contributed by atoms with E-state index >= 15 is 0 Å². The number of hydrogen-bond acceptors (Lipinski definition) is 4. The number of benzene rings is 1. The van der Waals surface area contributed by atoms with Gasteiger partial charge in [-0.1, -0.05) is 0 Å². The van der Waals surface area contributed by atoms with Gasteiger partial charge >= 0.3 is 0 Å². The summed E-state index contributed by atoms with van der Waals surface area (Å²) in [6, 6.07) is 4.62. The van der Waals surface area contributed by atoms with Crippen molar-refractivity contribution >= 4 is 5.91 Å². The summed E-state index contributed by atoms with van der Waals surface area (Å²) in [6.45, 7) is 1.40. The summed E-state index contributed by atoms with van der Waals surface area (Å²) >= 11 is 0. The molecule has 2 N–H and O–H groups in total. The lowest BCUT2D eigenvalue weighted by Crippen LogP contribution is -2.29. The molecule has 1 heterocycles. The van der Waals surface area contributed by atoms with Crippen LogP contribution in [-0.4, -0.2) is 37.4 Å². The third-order valence-electron chi connectivity index (χ3n) is 3.47. The summed E-state index contributed by atoms with van der Waals surface area (Å²) in [5.41, 5.74) is 0.424. The molecule has 0 aromatic heterocycles. The average molecular weight is 279 g/mol. The Hall–Kier alpha value is -1.75. The molecular weight excluding hydrogens is 258 g/mol. The highest BCUT2D eigenvalue weighted by atomic mass is 16.5. The zero-order valence-electron chi connectivity index (χ0n) is 11.7. The Balaban J connectivity index is 1.80. The summed E-state index contributed by atoms with van der Waals surface area (Å²) in [5, 5.41) is 12.5. The van der Waals surface area contributed by atoms with E-state index in [0.717, 1.165) is 25.9 Å². The van der Waals surface area contributed by atoms with Gasteiger partial charge in [-0.3, -0.25) is 4.79 Å². The van der Waals surface area contributed by atoms with Gasteiger partial charge in [0.15, 0.2) is 11.5 Å². The summed E-state index contributed by atoms with van der Waals surface area (Å²) in [6.07, 6.45) is 4.49. The first-order valence-corrected chi connectivity index (χ1v) is 6.97. The van der Waals surface area contributed by atoms with Crippen LogP contribution < -0.4 is 10.1 Å². The zero-order valence-corrected chi connectivity index (χ0v) is 11.7. The maximum Gasteiger partial charge on any atom is 0.251 e. The van der Waals surface area contributed by atoms with Gasteiger partial charge < -0.3 is 19.9 Å². The molecule has 0 bridgehead atoms. The van der Waals surface area contributed by atoms with E-state index in [-0.39, 0.29) is 17.8 Å². The molecule has 0 spiro atoms. The largest absolute Gasteiger partial charge is 0.504 e. The van der Waals surface area contributed by atoms with E-state index in [1.807, 2.05) is 0 Å². The minimum absolute atomic E-state index is 0.0317. The number of amides is 1. The number of rotatable bonds is 5. The molecule has 110 valence electrons. The summed E-state index contributed by atoms with van der Waals surface area (Å²) in [5.74, 6) is 0.131. The molecule has 1 atom stereocenters. The monoisotopic (exact) mass is 279 g/mol. The van der Waals surface area contributed by atoms with E-state index in [1.54, 1.807) is 12.1 Å². The van der Waals surface area contributed by atoms with Gasteiger partial charge in [0.2, 0.25) is 0 Å². The predicted octanol–water partition coefficient (Wildman–Crippen LogP) is 2.09. The van der Waals surface area contributed by atoms with Crippen LogP contribution in [0.3, 0.4) is 0 Å². The van der Waals surface area contributed by atoms with Crippen LogP contribution >= 0.6 is 0 Å². The molecule has 1 saturated heterocycles. The van der Waals surface area contributed by atoms with Gasteiger partial charge in [0.1, 0.15) is 0 Å². The molecule has 1 aromatic carbocycles. The fraction of sp³-hybridized carbons (Fsp3) is 0.533. The molecule has 5 heteroatoms. The highest BCUT2D eigenvalue weighted by Gasteiger charge is 2.14. The molecule has 0 radical (unpaired) electrons. The Morgan fingerprint density at radius 2 is 2.35 bits per heavy atom. The van der Waals surface area contributed by atoms with Crippen LogP contribution in [0.5, 0.6) is 11.5 Å². The number of aromatic hydroxyl groups is 1. The second-order valence-corrected chi connectivity index (χ2v) is 4.92. The molecule has 5 nitrogen and oxygen atoms in total. The van der Waals surface area contributed by atoms with Crippen LogP contribution in [0.25, 0.3) is 0 Å². The first-order chi connectivity index (χ1) is 9.70. The van der Waals surface area contributed by atoms with Gasteiger partial charge in [-0.15, -0.1) is 0 Å². The highest BCUT2D eigenvalue weighted by molar-refractivity contribution is 5.94. The Bertz CT molecular complexity index is 455. The first kappa shape index (κ1) is 14.7. The number of methoxy groups -OCH3 is 1. The second-order valence-electron chi connectivity index (χ2n) is 4.92. The van der Waals surface area contributed by atoms with Gasteiger partial charge in [0.05, 0.1) is 13.2 Å². The number of hydrogen-bond donors (Lipinski definition) is 2. The molecule has 1 unspecified atom stereocenters. The molecule has 2 rings (SSSR count). The van der Waals surface area contributed by atoms with Crippen molar-refractivity contribution in [2.75, 3.05) is 20.3 Å². The van der Waals surface area contributed by atoms with Gasteiger partial charge in [0, 0.05) is 18.7 Å². The van der Waals surface area contributed by atoms with Gasteiger partial charge in [-0.2, -0.15) is 0 Å². The molecule has 1 aliphatic rings. The van der Waals surface area contributed by atoms with E-state index in [4.69, 9.17) is 9.47 Å². The van der Waals surface area contributed by atoms with E-state index in [2.05, 4.69) is 5.32 Å². The normalized spacial score (nSPS) is 18.6. The van der Waals surface area contributed by atoms with Crippen molar-refractivity contribution in [3.63, 3.8) is 0 Å². The highest BCUT2D eigenvalue weighted by Crippen LogP contribution is 2.26. The third-order valence-corrected chi connectivity index (χ3v) is 3.47. The van der Waals surface area contributed by atoms with Crippen molar-refractivity contribution in [1.82, 2.24) is 5.32 Å². The fourth-order valence-corrected chi connectivity index (χ4v) is 2.32. The third kappa shape index (κ3) is 3.87. The summed E-state index contributed by atoms with van der Waals surface area (Å²) < 4.78 is 10.5. The lowest BCUT2D eigenvalue weighted by molar-refractivity contribution is 0.0117. The minimum Gasteiger partial charge on any atom is -0.504 e. The maximum atomic E-state index is 11.9. The lowest BCUT2D eigenvalue weighted by atomic mass is 10.1. The molecule has 0 saturated carbocycles. The number of ether oxygens (including phenoxy) is 2. The summed E-state index contributed by atoms with van der Waals surface area (Å²) in [7, 11) is 1.47. The number of nitrogens with one attached hydrogen (secondary N) is 1. The van der Waals surface area contributed by atoms with Crippen LogP contribution in [0.1, 0.15) is 36.0 Å². The lowest BCUT2D eigenvalue weighted by Gasteiger charge is -2.22. The number of phenols is 1. The van der Waals surface area contributed by atoms with E-state index in [9.17, 15) is 9.90 Å². The molecule has 20 heavy (non-hydrogen) atoms. The van der Waals surface area contributed by atoms with Crippen molar-refractivity contribution in [1.29, 1.82) is 0 Å².